The maximum Gasteiger partial charge on any atom is 0.276 e. The molecule has 2 aromatic carbocycles. The van der Waals surface area contributed by atoms with E-state index in [4.69, 9.17) is 0 Å². The number of benzene rings is 2. The van der Waals surface area contributed by atoms with Gasteiger partial charge in [-0.05, 0) is 44.4 Å². The van der Waals surface area contributed by atoms with Crippen LogP contribution < -0.4 is 5.32 Å². The van der Waals surface area contributed by atoms with Gasteiger partial charge in [-0.3, -0.25) is 9.59 Å². The summed E-state index contributed by atoms with van der Waals surface area (Å²) in [4.78, 5) is 27.7. The number of amides is 2. The Morgan fingerprint density at radius 3 is 2.29 bits per heavy atom. The Labute approximate surface area is 183 Å². The van der Waals surface area contributed by atoms with Crippen LogP contribution >= 0.6 is 11.5 Å². The number of nitrogens with zero attached hydrogens (tertiary/aromatic N) is 3. The number of rotatable bonds is 6. The minimum Gasteiger partial charge on any atom is -0.349 e. The largest absolute Gasteiger partial charge is 0.349 e. The van der Waals surface area contributed by atoms with Gasteiger partial charge in [0.1, 0.15) is 17.7 Å². The Hall–Kier alpha value is -3.20. The third kappa shape index (κ3) is 5.49. The maximum absolute atomic E-state index is 14.8. The van der Waals surface area contributed by atoms with Gasteiger partial charge in [0.05, 0.1) is 6.54 Å². The molecule has 6 nitrogen and oxygen atoms in total. The molecule has 31 heavy (non-hydrogen) atoms. The van der Waals surface area contributed by atoms with Crippen LogP contribution in [-0.2, 0) is 11.3 Å². The highest BCUT2D eigenvalue weighted by Gasteiger charge is 2.36. The molecule has 1 heterocycles. The Morgan fingerprint density at radius 2 is 1.71 bits per heavy atom. The van der Waals surface area contributed by atoms with Crippen molar-refractivity contribution < 1.29 is 18.4 Å². The van der Waals surface area contributed by atoms with Crippen molar-refractivity contribution >= 4 is 23.3 Å². The van der Waals surface area contributed by atoms with E-state index in [2.05, 4.69) is 14.9 Å². The van der Waals surface area contributed by atoms with Gasteiger partial charge in [-0.2, -0.15) is 0 Å². The first-order valence-corrected chi connectivity index (χ1v) is 10.4. The first-order chi connectivity index (χ1) is 14.7. The third-order valence-corrected chi connectivity index (χ3v) is 4.90. The van der Waals surface area contributed by atoms with Crippen LogP contribution in [0.2, 0.25) is 0 Å². The number of halogens is 2. The minimum atomic E-state index is -1.35. The molecule has 1 aromatic heterocycles. The second-order valence-electron chi connectivity index (χ2n) is 7.98. The molecule has 0 saturated heterocycles. The van der Waals surface area contributed by atoms with Gasteiger partial charge in [-0.15, -0.1) is 5.10 Å². The molecule has 3 rings (SSSR count). The van der Waals surface area contributed by atoms with Crippen LogP contribution in [0.25, 0.3) is 0 Å². The summed E-state index contributed by atoms with van der Waals surface area (Å²) in [5.41, 5.74) is -0.470. The monoisotopic (exact) mass is 444 g/mol. The molecule has 0 aliphatic rings. The van der Waals surface area contributed by atoms with Gasteiger partial charge >= 0.3 is 0 Å². The number of hydrogen-bond donors (Lipinski definition) is 1. The second-order valence-corrected chi connectivity index (χ2v) is 8.59. The van der Waals surface area contributed by atoms with Crippen LogP contribution in [0.15, 0.2) is 53.9 Å². The van der Waals surface area contributed by atoms with Crippen LogP contribution in [0.4, 0.5) is 8.78 Å². The summed E-state index contributed by atoms with van der Waals surface area (Å²) in [6.45, 7) is 5.06. The molecule has 0 aliphatic heterocycles. The molecule has 0 bridgehead atoms. The molecule has 0 aliphatic carbocycles. The SMILES string of the molecule is CC(C)(C)NC(=O)[C@@H](c1ccccc1F)N(Cc1ccccc1F)C(=O)c1csnn1. The number of carbonyl (C=O) groups excluding carboxylic acids is 2. The lowest BCUT2D eigenvalue weighted by atomic mass is 10.00. The molecule has 1 atom stereocenters. The Bertz CT molecular complexity index is 1070. The molecular weight excluding hydrogens is 422 g/mol. The predicted octanol–water partition coefficient (Wildman–Crippen LogP) is 4.11. The number of aromatic nitrogens is 2. The first kappa shape index (κ1) is 22.5. The van der Waals surface area contributed by atoms with Gasteiger partial charge in [0.15, 0.2) is 5.69 Å². The van der Waals surface area contributed by atoms with E-state index in [0.29, 0.717) is 0 Å². The van der Waals surface area contributed by atoms with E-state index in [1.807, 2.05) is 0 Å². The van der Waals surface area contributed by atoms with Gasteiger partial charge in [-0.1, -0.05) is 40.9 Å². The molecule has 1 N–H and O–H groups in total. The standard InChI is InChI=1S/C22H22F2N4O2S/c1-22(2,3)25-20(29)19(15-9-5-7-11-17(15)24)28(21(30)18-13-31-27-26-18)12-14-8-4-6-10-16(14)23/h4-11,13,19H,12H2,1-3H3,(H,25,29)/t19-/m1/s1. The highest BCUT2D eigenvalue weighted by molar-refractivity contribution is 7.03. The van der Waals surface area contributed by atoms with Crippen molar-refractivity contribution in [1.29, 1.82) is 0 Å². The van der Waals surface area contributed by atoms with Crippen molar-refractivity contribution in [2.45, 2.75) is 38.9 Å². The fourth-order valence-electron chi connectivity index (χ4n) is 3.08. The number of nitrogens with one attached hydrogen (secondary N) is 1. The quantitative estimate of drug-likeness (QED) is 0.621. The summed E-state index contributed by atoms with van der Waals surface area (Å²) >= 11 is 0.967. The minimum absolute atomic E-state index is 0.00266. The third-order valence-electron chi connectivity index (χ3n) is 4.40. The topological polar surface area (TPSA) is 75.2 Å². The molecule has 0 unspecified atom stereocenters. The maximum atomic E-state index is 14.8. The Kier molecular flexibility index (Phi) is 6.74. The van der Waals surface area contributed by atoms with Gasteiger partial charge in [0, 0.05) is 22.0 Å². The highest BCUT2D eigenvalue weighted by Crippen LogP contribution is 2.28. The van der Waals surface area contributed by atoms with E-state index >= 15 is 0 Å². The van der Waals surface area contributed by atoms with Crippen LogP contribution in [0.5, 0.6) is 0 Å². The van der Waals surface area contributed by atoms with Crippen LogP contribution in [0.1, 0.15) is 48.4 Å². The fourth-order valence-corrected chi connectivity index (χ4v) is 3.51. The lowest BCUT2D eigenvalue weighted by Crippen LogP contribution is -2.49. The van der Waals surface area contributed by atoms with Gasteiger partial charge < -0.3 is 10.2 Å². The smallest absolute Gasteiger partial charge is 0.276 e. The average molecular weight is 445 g/mol. The Morgan fingerprint density at radius 1 is 1.06 bits per heavy atom. The molecule has 0 spiro atoms. The molecular formula is C22H22F2N4O2S. The Balaban J connectivity index is 2.13. The van der Waals surface area contributed by atoms with Crippen LogP contribution in [-0.4, -0.2) is 31.8 Å². The zero-order chi connectivity index (χ0) is 22.6. The first-order valence-electron chi connectivity index (χ1n) is 9.55. The fraction of sp³-hybridized carbons (Fsp3) is 0.273. The lowest BCUT2D eigenvalue weighted by Gasteiger charge is -2.33. The van der Waals surface area contributed by atoms with Crippen molar-refractivity contribution in [3.8, 4) is 0 Å². The lowest BCUT2D eigenvalue weighted by molar-refractivity contribution is -0.127. The summed E-state index contributed by atoms with van der Waals surface area (Å²) in [6, 6.07) is 10.3. The number of carbonyl (C=O) groups is 2. The highest BCUT2D eigenvalue weighted by atomic mass is 32.1. The van der Waals surface area contributed by atoms with Crippen molar-refractivity contribution in [2.75, 3.05) is 0 Å². The van der Waals surface area contributed by atoms with Crippen molar-refractivity contribution in [3.63, 3.8) is 0 Å². The predicted molar refractivity (Wildman–Crippen MR) is 113 cm³/mol. The summed E-state index contributed by atoms with van der Waals surface area (Å²) in [5.74, 6) is -2.45. The molecule has 162 valence electrons. The molecule has 3 aromatic rings. The van der Waals surface area contributed by atoms with Crippen molar-refractivity contribution in [3.05, 3.63) is 82.4 Å². The van der Waals surface area contributed by atoms with Gasteiger partial charge in [0.2, 0.25) is 5.91 Å². The van der Waals surface area contributed by atoms with Crippen LogP contribution in [0, 0.1) is 11.6 Å². The summed E-state index contributed by atoms with van der Waals surface area (Å²) in [7, 11) is 0. The number of hydrogen-bond acceptors (Lipinski definition) is 5. The van der Waals surface area contributed by atoms with Crippen molar-refractivity contribution in [2.24, 2.45) is 0 Å². The van der Waals surface area contributed by atoms with Gasteiger partial charge in [-0.25, -0.2) is 8.78 Å². The van der Waals surface area contributed by atoms with E-state index in [-0.39, 0.29) is 23.4 Å². The summed E-state index contributed by atoms with van der Waals surface area (Å²) in [6.07, 6.45) is 0. The normalized spacial score (nSPS) is 12.3. The zero-order valence-corrected chi connectivity index (χ0v) is 18.1. The second kappa shape index (κ2) is 9.30. The van der Waals surface area contributed by atoms with Crippen LogP contribution in [0.3, 0.4) is 0 Å². The molecule has 0 saturated carbocycles. The molecule has 2 amide bonds. The van der Waals surface area contributed by atoms with E-state index in [0.717, 1.165) is 16.4 Å². The summed E-state index contributed by atoms with van der Waals surface area (Å²) in [5, 5.41) is 8.02. The molecule has 9 heteroatoms. The molecule has 0 fully saturated rings. The van der Waals surface area contributed by atoms with E-state index in [9.17, 15) is 18.4 Å². The van der Waals surface area contributed by atoms with Crippen molar-refractivity contribution in [1.82, 2.24) is 19.8 Å². The average Bonchev–Trinajstić information content (AvgIpc) is 3.23. The van der Waals surface area contributed by atoms with E-state index in [1.54, 1.807) is 32.9 Å². The van der Waals surface area contributed by atoms with Gasteiger partial charge in [0.25, 0.3) is 5.91 Å². The van der Waals surface area contributed by atoms with E-state index in [1.165, 1.54) is 41.8 Å². The summed E-state index contributed by atoms with van der Waals surface area (Å²) < 4.78 is 32.9. The van der Waals surface area contributed by atoms with E-state index < -0.39 is 35.0 Å². The zero-order valence-electron chi connectivity index (χ0n) is 17.3. The molecule has 0 radical (unpaired) electrons.